The maximum Gasteiger partial charge on any atom is 0.104 e. The van der Waals surface area contributed by atoms with Gasteiger partial charge < -0.3 is 15.6 Å². The van der Waals surface area contributed by atoms with Crippen LogP contribution in [0.15, 0.2) is 36.9 Å². The number of aryl methyl sites for hydroxylation is 2. The van der Waals surface area contributed by atoms with Gasteiger partial charge in [0.05, 0.1) is 6.33 Å². The van der Waals surface area contributed by atoms with Gasteiger partial charge in [-0.15, -0.1) is 0 Å². The first kappa shape index (κ1) is 13.5. The summed E-state index contributed by atoms with van der Waals surface area (Å²) in [5.41, 5.74) is 8.79. The molecule has 5 heteroatoms. The van der Waals surface area contributed by atoms with Crippen molar-refractivity contribution in [3.8, 4) is 0 Å². The molecule has 1 aromatic heterocycles. The molecule has 4 nitrogen and oxygen atoms in total. The van der Waals surface area contributed by atoms with Crippen molar-refractivity contribution in [2.75, 3.05) is 11.9 Å². The standard InChI is InChI=1S/C14H18N4S/c1-11-9-12(3-4-13(11)14(15)19)17-5-2-7-18-8-6-16-10-18/h3-4,6,8-10,17H,2,5,7H2,1H3,(H2,15,19). The fourth-order valence-corrected chi connectivity index (χ4v) is 2.19. The number of aromatic nitrogens is 2. The Balaban J connectivity index is 1.83. The second-order valence-corrected chi connectivity index (χ2v) is 4.91. The van der Waals surface area contributed by atoms with Gasteiger partial charge in [-0.25, -0.2) is 4.98 Å². The lowest BCUT2D eigenvalue weighted by molar-refractivity contribution is 0.661. The third-order valence-electron chi connectivity index (χ3n) is 2.97. The van der Waals surface area contributed by atoms with Crippen LogP contribution in [-0.4, -0.2) is 21.1 Å². The van der Waals surface area contributed by atoms with E-state index in [9.17, 15) is 0 Å². The van der Waals surface area contributed by atoms with Gasteiger partial charge in [0, 0.05) is 36.7 Å². The lowest BCUT2D eigenvalue weighted by Gasteiger charge is -2.10. The van der Waals surface area contributed by atoms with Crippen LogP contribution in [0, 0.1) is 6.92 Å². The third-order valence-corrected chi connectivity index (χ3v) is 3.19. The molecule has 0 aliphatic rings. The number of thiocarbonyl (C=S) groups is 1. The summed E-state index contributed by atoms with van der Waals surface area (Å²) in [5, 5.41) is 3.40. The van der Waals surface area contributed by atoms with Crippen LogP contribution in [0.4, 0.5) is 5.69 Å². The number of hydrogen-bond donors (Lipinski definition) is 2. The Labute approximate surface area is 118 Å². The van der Waals surface area contributed by atoms with Crippen LogP contribution >= 0.6 is 12.2 Å². The number of nitrogens with one attached hydrogen (secondary N) is 1. The summed E-state index contributed by atoms with van der Waals surface area (Å²) >= 11 is 4.99. The van der Waals surface area contributed by atoms with E-state index >= 15 is 0 Å². The van der Waals surface area contributed by atoms with Gasteiger partial charge in [-0.2, -0.15) is 0 Å². The highest BCUT2D eigenvalue weighted by Crippen LogP contribution is 2.15. The van der Waals surface area contributed by atoms with Crippen molar-refractivity contribution < 1.29 is 0 Å². The van der Waals surface area contributed by atoms with Gasteiger partial charge in [-0.1, -0.05) is 12.2 Å². The van der Waals surface area contributed by atoms with Gasteiger partial charge >= 0.3 is 0 Å². The van der Waals surface area contributed by atoms with Crippen LogP contribution in [0.1, 0.15) is 17.5 Å². The molecular formula is C14H18N4S. The van der Waals surface area contributed by atoms with Gasteiger partial charge in [-0.3, -0.25) is 0 Å². The lowest BCUT2D eigenvalue weighted by atomic mass is 10.1. The molecule has 0 fully saturated rings. The summed E-state index contributed by atoms with van der Waals surface area (Å²) in [4.78, 5) is 4.46. The van der Waals surface area contributed by atoms with Gasteiger partial charge in [0.15, 0.2) is 0 Å². The van der Waals surface area contributed by atoms with Crippen molar-refractivity contribution in [3.05, 3.63) is 48.0 Å². The number of benzene rings is 1. The van der Waals surface area contributed by atoms with Crippen LogP contribution in [0.25, 0.3) is 0 Å². The molecule has 0 radical (unpaired) electrons. The quantitative estimate of drug-likeness (QED) is 0.627. The Kier molecular flexibility index (Phi) is 4.52. The number of nitrogens with two attached hydrogens (primary N) is 1. The van der Waals surface area contributed by atoms with E-state index < -0.39 is 0 Å². The summed E-state index contributed by atoms with van der Waals surface area (Å²) in [6.07, 6.45) is 6.65. The minimum Gasteiger partial charge on any atom is -0.389 e. The predicted molar refractivity (Wildman–Crippen MR) is 82.4 cm³/mol. The largest absolute Gasteiger partial charge is 0.389 e. The molecule has 0 atom stereocenters. The molecule has 3 N–H and O–H groups in total. The highest BCUT2D eigenvalue weighted by Gasteiger charge is 2.02. The summed E-state index contributed by atoms with van der Waals surface area (Å²) in [6.45, 7) is 3.91. The average molecular weight is 274 g/mol. The first-order valence-corrected chi connectivity index (χ1v) is 6.67. The molecule has 0 unspecified atom stereocenters. The van der Waals surface area contributed by atoms with Gasteiger partial charge in [0.2, 0.25) is 0 Å². The van der Waals surface area contributed by atoms with Gasteiger partial charge in [0.1, 0.15) is 4.99 Å². The third kappa shape index (κ3) is 3.79. The number of anilines is 1. The fraction of sp³-hybridized carbons (Fsp3) is 0.286. The van der Waals surface area contributed by atoms with E-state index in [0.29, 0.717) is 4.99 Å². The van der Waals surface area contributed by atoms with Crippen LogP contribution < -0.4 is 11.1 Å². The Morgan fingerprint density at radius 3 is 2.95 bits per heavy atom. The SMILES string of the molecule is Cc1cc(NCCCn2ccnc2)ccc1C(N)=S. The van der Waals surface area contributed by atoms with Crippen molar-refractivity contribution in [2.45, 2.75) is 19.9 Å². The van der Waals surface area contributed by atoms with E-state index in [2.05, 4.69) is 20.9 Å². The molecule has 1 heterocycles. The van der Waals surface area contributed by atoms with Crippen LogP contribution in [-0.2, 0) is 6.54 Å². The summed E-state index contributed by atoms with van der Waals surface area (Å²) < 4.78 is 2.07. The molecule has 0 spiro atoms. The Bertz CT molecular complexity index is 549. The Morgan fingerprint density at radius 2 is 2.32 bits per heavy atom. The molecule has 0 saturated carbocycles. The average Bonchev–Trinajstić information content (AvgIpc) is 2.87. The van der Waals surface area contributed by atoms with E-state index in [-0.39, 0.29) is 0 Å². The van der Waals surface area contributed by atoms with E-state index in [1.807, 2.05) is 31.6 Å². The number of imidazole rings is 1. The predicted octanol–water partition coefficient (Wildman–Crippen LogP) is 2.33. The first-order chi connectivity index (χ1) is 9.16. The molecule has 0 aliphatic carbocycles. The molecule has 2 aromatic rings. The Hall–Kier alpha value is -1.88. The molecule has 0 amide bonds. The van der Waals surface area contributed by atoms with Gasteiger partial charge in [-0.05, 0) is 37.1 Å². The molecule has 1 aromatic carbocycles. The minimum atomic E-state index is 0.448. The maximum atomic E-state index is 5.64. The van der Waals surface area contributed by atoms with Crippen LogP contribution in [0.2, 0.25) is 0 Å². The molecular weight excluding hydrogens is 256 g/mol. The molecule has 0 bridgehead atoms. The van der Waals surface area contributed by atoms with E-state index in [4.69, 9.17) is 18.0 Å². The normalized spacial score (nSPS) is 10.4. The second kappa shape index (κ2) is 6.33. The van der Waals surface area contributed by atoms with Crippen LogP contribution in [0.5, 0.6) is 0 Å². The highest BCUT2D eigenvalue weighted by atomic mass is 32.1. The second-order valence-electron chi connectivity index (χ2n) is 4.47. The van der Waals surface area contributed by atoms with Crippen molar-refractivity contribution in [2.24, 2.45) is 5.73 Å². The fourth-order valence-electron chi connectivity index (χ4n) is 1.96. The minimum absolute atomic E-state index is 0.448. The van der Waals surface area contributed by atoms with Crippen molar-refractivity contribution >= 4 is 22.9 Å². The topological polar surface area (TPSA) is 55.9 Å². The van der Waals surface area contributed by atoms with E-state index in [1.54, 1.807) is 6.20 Å². The summed E-state index contributed by atoms with van der Waals surface area (Å²) in [7, 11) is 0. The zero-order valence-electron chi connectivity index (χ0n) is 11.0. The van der Waals surface area contributed by atoms with E-state index in [0.717, 1.165) is 36.3 Å². The van der Waals surface area contributed by atoms with E-state index in [1.165, 1.54) is 0 Å². The molecule has 19 heavy (non-hydrogen) atoms. The van der Waals surface area contributed by atoms with Crippen LogP contribution in [0.3, 0.4) is 0 Å². The summed E-state index contributed by atoms with van der Waals surface area (Å²) in [6, 6.07) is 6.06. The van der Waals surface area contributed by atoms with Crippen molar-refractivity contribution in [1.82, 2.24) is 9.55 Å². The zero-order chi connectivity index (χ0) is 13.7. The molecule has 2 rings (SSSR count). The lowest BCUT2D eigenvalue weighted by Crippen LogP contribution is -2.12. The number of rotatable bonds is 6. The Morgan fingerprint density at radius 1 is 1.47 bits per heavy atom. The zero-order valence-corrected chi connectivity index (χ0v) is 11.8. The van der Waals surface area contributed by atoms with Crippen molar-refractivity contribution in [1.29, 1.82) is 0 Å². The maximum absolute atomic E-state index is 5.64. The van der Waals surface area contributed by atoms with Crippen molar-refractivity contribution in [3.63, 3.8) is 0 Å². The first-order valence-electron chi connectivity index (χ1n) is 6.27. The number of hydrogen-bond acceptors (Lipinski definition) is 3. The molecule has 0 saturated heterocycles. The molecule has 100 valence electrons. The monoisotopic (exact) mass is 274 g/mol. The number of nitrogens with zero attached hydrogens (tertiary/aromatic N) is 2. The van der Waals surface area contributed by atoms with Gasteiger partial charge in [0.25, 0.3) is 0 Å². The summed E-state index contributed by atoms with van der Waals surface area (Å²) in [5.74, 6) is 0. The smallest absolute Gasteiger partial charge is 0.104 e. The molecule has 0 aliphatic heterocycles. The highest BCUT2D eigenvalue weighted by molar-refractivity contribution is 7.80.